The van der Waals surface area contributed by atoms with Crippen LogP contribution in [-0.2, 0) is 13.1 Å². The minimum absolute atomic E-state index is 0.169. The summed E-state index contributed by atoms with van der Waals surface area (Å²) >= 11 is 12.0. The minimum atomic E-state index is -0.169. The maximum atomic E-state index is 12.5. The Morgan fingerprint density at radius 1 is 0.968 bits per heavy atom. The zero-order valence-electron chi connectivity index (χ0n) is 16.7. The third-order valence-electron chi connectivity index (χ3n) is 4.87. The number of benzene rings is 3. The Morgan fingerprint density at radius 3 is 2.52 bits per heavy atom. The largest absolute Gasteiger partial charge is 0.492 e. The highest BCUT2D eigenvalue weighted by molar-refractivity contribution is 6.32. The number of rotatable bonds is 8. The normalized spacial score (nSPS) is 10.9. The molecule has 0 fully saturated rings. The van der Waals surface area contributed by atoms with Crippen LogP contribution in [0.5, 0.6) is 5.75 Å². The standard InChI is InChI=1S/C24H21Cl2N3O2/c25-18-12-10-17(11-13-18)24(30)27-16-23-28-20-7-2-3-8-21(20)29(23)14-5-15-31-22-9-4-1-6-19(22)26/h1-4,6-13H,5,14-16H2,(H,27,30). The molecule has 1 heterocycles. The van der Waals surface area contributed by atoms with Crippen molar-refractivity contribution in [2.75, 3.05) is 6.61 Å². The molecule has 1 aromatic heterocycles. The van der Waals surface area contributed by atoms with Gasteiger partial charge in [0.25, 0.3) is 5.91 Å². The molecule has 1 amide bonds. The van der Waals surface area contributed by atoms with Gasteiger partial charge in [-0.1, -0.05) is 47.5 Å². The fraction of sp³-hybridized carbons (Fsp3) is 0.167. The number of nitrogens with zero attached hydrogens (tertiary/aromatic N) is 2. The summed E-state index contributed by atoms with van der Waals surface area (Å²) in [4.78, 5) is 17.2. The van der Waals surface area contributed by atoms with Crippen molar-refractivity contribution in [2.24, 2.45) is 0 Å². The number of nitrogens with one attached hydrogen (secondary N) is 1. The van der Waals surface area contributed by atoms with Crippen molar-refractivity contribution in [3.05, 3.63) is 94.2 Å². The first-order chi connectivity index (χ1) is 15.1. The van der Waals surface area contributed by atoms with Gasteiger partial charge < -0.3 is 14.6 Å². The first-order valence-electron chi connectivity index (χ1n) is 9.97. The quantitative estimate of drug-likeness (QED) is 0.346. The lowest BCUT2D eigenvalue weighted by molar-refractivity contribution is 0.0949. The molecular formula is C24H21Cl2N3O2. The van der Waals surface area contributed by atoms with E-state index >= 15 is 0 Å². The smallest absolute Gasteiger partial charge is 0.251 e. The van der Waals surface area contributed by atoms with Gasteiger partial charge >= 0.3 is 0 Å². The van der Waals surface area contributed by atoms with E-state index in [-0.39, 0.29) is 5.91 Å². The van der Waals surface area contributed by atoms with Gasteiger partial charge in [-0.3, -0.25) is 4.79 Å². The van der Waals surface area contributed by atoms with E-state index in [0.717, 1.165) is 23.3 Å². The summed E-state index contributed by atoms with van der Waals surface area (Å²) in [5, 5.41) is 4.14. The molecule has 0 aliphatic carbocycles. The van der Waals surface area contributed by atoms with Gasteiger partial charge in [0.05, 0.1) is 29.2 Å². The summed E-state index contributed by atoms with van der Waals surface area (Å²) in [6, 6.07) is 22.2. The molecule has 31 heavy (non-hydrogen) atoms. The van der Waals surface area contributed by atoms with Gasteiger partial charge in [0.1, 0.15) is 11.6 Å². The van der Waals surface area contributed by atoms with E-state index in [9.17, 15) is 4.79 Å². The Labute approximate surface area is 190 Å². The minimum Gasteiger partial charge on any atom is -0.492 e. The molecule has 5 nitrogen and oxygen atoms in total. The lowest BCUT2D eigenvalue weighted by Gasteiger charge is -2.12. The molecular weight excluding hydrogens is 433 g/mol. The number of ether oxygens (including phenoxy) is 1. The van der Waals surface area contributed by atoms with E-state index in [2.05, 4.69) is 9.88 Å². The molecule has 3 aromatic carbocycles. The first-order valence-corrected chi connectivity index (χ1v) is 10.7. The number of hydrogen-bond acceptors (Lipinski definition) is 3. The summed E-state index contributed by atoms with van der Waals surface area (Å²) in [5.74, 6) is 1.30. The van der Waals surface area contributed by atoms with Crippen LogP contribution in [0.15, 0.2) is 72.8 Å². The maximum absolute atomic E-state index is 12.5. The van der Waals surface area contributed by atoms with Crippen LogP contribution in [0.25, 0.3) is 11.0 Å². The molecule has 0 radical (unpaired) electrons. The molecule has 1 N–H and O–H groups in total. The molecule has 0 saturated carbocycles. The van der Waals surface area contributed by atoms with Crippen molar-refractivity contribution in [3.63, 3.8) is 0 Å². The van der Waals surface area contributed by atoms with Crippen molar-refractivity contribution in [1.29, 1.82) is 0 Å². The predicted molar refractivity (Wildman–Crippen MR) is 124 cm³/mol. The molecule has 158 valence electrons. The SMILES string of the molecule is O=C(NCc1nc2ccccc2n1CCCOc1ccccc1Cl)c1ccc(Cl)cc1. The number of imidazole rings is 1. The van der Waals surface area contributed by atoms with Crippen molar-refractivity contribution in [1.82, 2.24) is 14.9 Å². The topological polar surface area (TPSA) is 56.2 Å². The van der Waals surface area contributed by atoms with Crippen LogP contribution in [0.2, 0.25) is 10.0 Å². The van der Waals surface area contributed by atoms with E-state index in [4.69, 9.17) is 32.9 Å². The van der Waals surface area contributed by atoms with E-state index in [1.165, 1.54) is 0 Å². The number of aromatic nitrogens is 2. The number of hydrogen-bond donors (Lipinski definition) is 1. The Kier molecular flexibility index (Phi) is 6.75. The summed E-state index contributed by atoms with van der Waals surface area (Å²) in [6.07, 6.45) is 0.768. The third kappa shape index (κ3) is 5.19. The Bertz CT molecular complexity index is 1190. The summed E-state index contributed by atoms with van der Waals surface area (Å²) < 4.78 is 7.92. The molecule has 0 unspecified atom stereocenters. The highest BCUT2D eigenvalue weighted by Gasteiger charge is 2.12. The number of para-hydroxylation sites is 3. The van der Waals surface area contributed by atoms with Crippen LogP contribution in [0.4, 0.5) is 0 Å². The fourth-order valence-electron chi connectivity index (χ4n) is 3.34. The van der Waals surface area contributed by atoms with Gasteiger partial charge in [0.15, 0.2) is 0 Å². The number of aryl methyl sites for hydroxylation is 1. The van der Waals surface area contributed by atoms with Gasteiger partial charge in [-0.15, -0.1) is 0 Å². The van der Waals surface area contributed by atoms with Crippen LogP contribution in [0.3, 0.4) is 0 Å². The summed E-state index contributed by atoms with van der Waals surface area (Å²) in [5.41, 5.74) is 2.47. The van der Waals surface area contributed by atoms with Crippen molar-refractivity contribution in [2.45, 2.75) is 19.5 Å². The number of carbonyl (C=O) groups excluding carboxylic acids is 1. The Hall–Kier alpha value is -3.02. The van der Waals surface area contributed by atoms with E-state index in [1.54, 1.807) is 24.3 Å². The molecule has 0 atom stereocenters. The monoisotopic (exact) mass is 453 g/mol. The third-order valence-corrected chi connectivity index (χ3v) is 5.43. The zero-order valence-corrected chi connectivity index (χ0v) is 18.2. The molecule has 4 rings (SSSR count). The second-order valence-corrected chi connectivity index (χ2v) is 7.83. The zero-order chi connectivity index (χ0) is 21.6. The van der Waals surface area contributed by atoms with Crippen LogP contribution >= 0.6 is 23.2 Å². The van der Waals surface area contributed by atoms with Crippen molar-refractivity contribution < 1.29 is 9.53 Å². The average molecular weight is 454 g/mol. The Morgan fingerprint density at radius 2 is 1.71 bits per heavy atom. The first kappa shape index (κ1) is 21.2. The van der Waals surface area contributed by atoms with Crippen molar-refractivity contribution >= 4 is 40.1 Å². The van der Waals surface area contributed by atoms with Crippen LogP contribution in [0.1, 0.15) is 22.6 Å². The molecule has 0 spiro atoms. The molecule has 0 bridgehead atoms. The summed E-state index contributed by atoms with van der Waals surface area (Å²) in [6.45, 7) is 1.55. The van der Waals surface area contributed by atoms with Crippen LogP contribution in [-0.4, -0.2) is 22.1 Å². The van der Waals surface area contributed by atoms with E-state index in [0.29, 0.717) is 41.1 Å². The predicted octanol–water partition coefficient (Wildman–Crippen LogP) is 5.74. The van der Waals surface area contributed by atoms with E-state index < -0.39 is 0 Å². The molecule has 0 aliphatic heterocycles. The van der Waals surface area contributed by atoms with Gasteiger partial charge in [0.2, 0.25) is 0 Å². The van der Waals surface area contributed by atoms with Crippen LogP contribution < -0.4 is 10.1 Å². The number of carbonyl (C=O) groups is 1. The van der Waals surface area contributed by atoms with Gasteiger partial charge in [-0.05, 0) is 55.0 Å². The number of fused-ring (bicyclic) bond motifs is 1. The summed E-state index contributed by atoms with van der Waals surface area (Å²) in [7, 11) is 0. The van der Waals surface area contributed by atoms with E-state index in [1.807, 2.05) is 48.5 Å². The highest BCUT2D eigenvalue weighted by atomic mass is 35.5. The maximum Gasteiger partial charge on any atom is 0.251 e. The van der Waals surface area contributed by atoms with Gasteiger partial charge in [-0.2, -0.15) is 0 Å². The van der Waals surface area contributed by atoms with Gasteiger partial charge in [0, 0.05) is 17.1 Å². The highest BCUT2D eigenvalue weighted by Crippen LogP contribution is 2.23. The number of amides is 1. The second-order valence-electron chi connectivity index (χ2n) is 6.99. The Balaban J connectivity index is 1.43. The fourth-order valence-corrected chi connectivity index (χ4v) is 3.66. The molecule has 0 aliphatic rings. The van der Waals surface area contributed by atoms with Crippen molar-refractivity contribution in [3.8, 4) is 5.75 Å². The van der Waals surface area contributed by atoms with Crippen LogP contribution in [0, 0.1) is 0 Å². The van der Waals surface area contributed by atoms with Gasteiger partial charge in [-0.25, -0.2) is 4.98 Å². The lowest BCUT2D eigenvalue weighted by Crippen LogP contribution is -2.25. The molecule has 0 saturated heterocycles. The second kappa shape index (κ2) is 9.86. The molecule has 4 aromatic rings. The average Bonchev–Trinajstić information content (AvgIpc) is 3.14. The number of halogens is 2. The molecule has 7 heteroatoms. The lowest BCUT2D eigenvalue weighted by atomic mass is 10.2.